The molecule has 1 aliphatic rings. The van der Waals surface area contributed by atoms with Crippen LogP contribution in [0.15, 0.2) is 36.4 Å². The third kappa shape index (κ3) is 3.08. The third-order valence-corrected chi connectivity index (χ3v) is 4.23. The Bertz CT molecular complexity index is 676. The molecule has 0 spiro atoms. The molecule has 2 heterocycles. The molecule has 0 bridgehead atoms. The highest BCUT2D eigenvalue weighted by molar-refractivity contribution is 5.78. The first-order valence-corrected chi connectivity index (χ1v) is 7.60. The molecule has 1 fully saturated rings. The summed E-state index contributed by atoms with van der Waals surface area (Å²) in [6.07, 6.45) is 0.0686. The maximum Gasteiger partial charge on any atom is 0.281 e. The second kappa shape index (κ2) is 6.37. The predicted molar refractivity (Wildman–Crippen MR) is 85.3 cm³/mol. The van der Waals surface area contributed by atoms with Crippen LogP contribution in [0.1, 0.15) is 12.6 Å². The van der Waals surface area contributed by atoms with Crippen LogP contribution < -0.4 is 5.32 Å². The van der Waals surface area contributed by atoms with Crippen molar-refractivity contribution < 1.29 is 4.92 Å². The minimum Gasteiger partial charge on any atom is -0.308 e. The summed E-state index contributed by atoms with van der Waals surface area (Å²) in [5.74, 6) is 0. The van der Waals surface area contributed by atoms with Crippen molar-refractivity contribution in [3.8, 4) is 0 Å². The molecule has 3 rings (SSSR count). The van der Waals surface area contributed by atoms with E-state index in [1.165, 1.54) is 0 Å². The van der Waals surface area contributed by atoms with E-state index in [0.29, 0.717) is 13.1 Å². The van der Waals surface area contributed by atoms with Crippen molar-refractivity contribution >= 4 is 10.9 Å². The van der Waals surface area contributed by atoms with Crippen molar-refractivity contribution in [3.05, 3.63) is 52.2 Å². The lowest BCUT2D eigenvalue weighted by Gasteiger charge is -2.34. The largest absolute Gasteiger partial charge is 0.308 e. The summed E-state index contributed by atoms with van der Waals surface area (Å²) < 4.78 is 0. The van der Waals surface area contributed by atoms with Gasteiger partial charge in [0.25, 0.3) is 6.17 Å². The first-order chi connectivity index (χ1) is 10.6. The number of rotatable bonds is 4. The highest BCUT2D eigenvalue weighted by Crippen LogP contribution is 2.16. The molecule has 1 aromatic heterocycles. The van der Waals surface area contributed by atoms with Gasteiger partial charge in [0.15, 0.2) is 0 Å². The number of nitro groups is 1. The topological polar surface area (TPSA) is 71.3 Å². The molecule has 1 N–H and O–H groups in total. The molecule has 2 aromatic rings. The molecule has 116 valence electrons. The Balaban J connectivity index is 1.76. The van der Waals surface area contributed by atoms with Crippen LogP contribution in [0.2, 0.25) is 0 Å². The average molecular weight is 300 g/mol. The lowest BCUT2D eigenvalue weighted by atomic mass is 10.1. The Morgan fingerprint density at radius 2 is 2.23 bits per heavy atom. The quantitative estimate of drug-likeness (QED) is 0.687. The van der Waals surface area contributed by atoms with Gasteiger partial charge in [0.05, 0.1) is 12.1 Å². The molecule has 2 atom stereocenters. The lowest BCUT2D eigenvalue weighted by molar-refractivity contribution is -0.552. The normalized spacial score (nSPS) is 20.9. The molecule has 22 heavy (non-hydrogen) atoms. The van der Waals surface area contributed by atoms with E-state index in [-0.39, 0.29) is 11.0 Å². The standard InChI is InChI=1S/C16H20N4O2/c1-12(19-9-8-17-11-16(19)20(21)22)10-14-7-6-13-4-2-3-5-15(13)18-14/h2-7,12,16-17H,8-11H2,1H3. The van der Waals surface area contributed by atoms with Gasteiger partial charge in [0.2, 0.25) is 0 Å². The van der Waals surface area contributed by atoms with Crippen LogP contribution >= 0.6 is 0 Å². The SMILES string of the molecule is CC(Cc1ccc2ccccc2n1)N1CCNCC1[N+](=O)[O-]. The highest BCUT2D eigenvalue weighted by Gasteiger charge is 2.34. The number of hydrogen-bond donors (Lipinski definition) is 1. The summed E-state index contributed by atoms with van der Waals surface area (Å²) in [6, 6.07) is 12.2. The Morgan fingerprint density at radius 1 is 1.41 bits per heavy atom. The van der Waals surface area contributed by atoms with E-state index in [1.54, 1.807) is 0 Å². The highest BCUT2D eigenvalue weighted by atomic mass is 16.6. The van der Waals surface area contributed by atoms with Gasteiger partial charge in [-0.15, -0.1) is 0 Å². The Labute approximate surface area is 129 Å². The van der Waals surface area contributed by atoms with Crippen molar-refractivity contribution in [2.45, 2.75) is 25.6 Å². The summed E-state index contributed by atoms with van der Waals surface area (Å²) in [5.41, 5.74) is 1.95. The van der Waals surface area contributed by atoms with Crippen molar-refractivity contribution in [2.75, 3.05) is 19.6 Å². The zero-order valence-corrected chi connectivity index (χ0v) is 12.6. The number of hydrogen-bond acceptors (Lipinski definition) is 5. The van der Waals surface area contributed by atoms with E-state index in [4.69, 9.17) is 0 Å². The van der Waals surface area contributed by atoms with Crippen LogP contribution in [0.4, 0.5) is 0 Å². The van der Waals surface area contributed by atoms with E-state index in [0.717, 1.165) is 29.6 Å². The lowest BCUT2D eigenvalue weighted by Crippen LogP contribution is -2.58. The summed E-state index contributed by atoms with van der Waals surface area (Å²) >= 11 is 0. The van der Waals surface area contributed by atoms with Crippen LogP contribution in [-0.4, -0.2) is 46.6 Å². The number of benzene rings is 1. The number of fused-ring (bicyclic) bond motifs is 1. The van der Waals surface area contributed by atoms with Gasteiger partial charge in [-0.1, -0.05) is 24.3 Å². The smallest absolute Gasteiger partial charge is 0.281 e. The third-order valence-electron chi connectivity index (χ3n) is 4.23. The molecule has 2 unspecified atom stereocenters. The van der Waals surface area contributed by atoms with Crippen LogP contribution in [0.3, 0.4) is 0 Å². The van der Waals surface area contributed by atoms with Gasteiger partial charge >= 0.3 is 0 Å². The van der Waals surface area contributed by atoms with Gasteiger partial charge in [0.1, 0.15) is 0 Å². The summed E-state index contributed by atoms with van der Waals surface area (Å²) in [4.78, 5) is 17.6. The Kier molecular flexibility index (Phi) is 4.31. The first-order valence-electron chi connectivity index (χ1n) is 7.60. The molecule has 6 nitrogen and oxygen atoms in total. The Hall–Kier alpha value is -2.05. The van der Waals surface area contributed by atoms with Crippen LogP contribution in [0, 0.1) is 10.1 Å². The number of piperazine rings is 1. The molecule has 1 aliphatic heterocycles. The predicted octanol–water partition coefficient (Wildman–Crippen LogP) is 1.67. The maximum atomic E-state index is 11.2. The van der Waals surface area contributed by atoms with Gasteiger partial charge < -0.3 is 5.32 Å². The van der Waals surface area contributed by atoms with E-state index >= 15 is 0 Å². The Morgan fingerprint density at radius 3 is 3.05 bits per heavy atom. The van der Waals surface area contributed by atoms with Gasteiger partial charge in [0, 0.05) is 41.6 Å². The monoisotopic (exact) mass is 300 g/mol. The molecule has 0 radical (unpaired) electrons. The molecule has 0 saturated carbocycles. The van der Waals surface area contributed by atoms with Gasteiger partial charge in [-0.25, -0.2) is 4.90 Å². The van der Waals surface area contributed by atoms with E-state index in [2.05, 4.69) is 16.4 Å². The van der Waals surface area contributed by atoms with Crippen LogP contribution in [0.5, 0.6) is 0 Å². The summed E-state index contributed by atoms with van der Waals surface area (Å²) in [7, 11) is 0. The van der Waals surface area contributed by atoms with Gasteiger partial charge in [-0.2, -0.15) is 0 Å². The fourth-order valence-corrected chi connectivity index (χ4v) is 3.06. The number of nitrogens with zero attached hydrogens (tertiary/aromatic N) is 3. The molecular weight excluding hydrogens is 280 g/mol. The maximum absolute atomic E-state index is 11.2. The molecule has 0 amide bonds. The zero-order chi connectivity index (χ0) is 15.5. The number of para-hydroxylation sites is 1. The fourth-order valence-electron chi connectivity index (χ4n) is 3.06. The van der Waals surface area contributed by atoms with Crippen molar-refractivity contribution in [2.24, 2.45) is 0 Å². The second-order valence-electron chi connectivity index (χ2n) is 5.76. The summed E-state index contributed by atoms with van der Waals surface area (Å²) in [5, 5.41) is 15.4. The van der Waals surface area contributed by atoms with Crippen molar-refractivity contribution in [3.63, 3.8) is 0 Å². The molecule has 1 saturated heterocycles. The molecular formula is C16H20N4O2. The van der Waals surface area contributed by atoms with E-state index in [9.17, 15) is 10.1 Å². The van der Waals surface area contributed by atoms with Crippen LogP contribution in [-0.2, 0) is 6.42 Å². The summed E-state index contributed by atoms with van der Waals surface area (Å²) in [6.45, 7) is 3.93. The minimum atomic E-state index is -0.649. The average Bonchev–Trinajstić information content (AvgIpc) is 2.54. The molecule has 6 heteroatoms. The van der Waals surface area contributed by atoms with E-state index in [1.807, 2.05) is 42.2 Å². The fraction of sp³-hybridized carbons (Fsp3) is 0.438. The van der Waals surface area contributed by atoms with Crippen molar-refractivity contribution in [1.29, 1.82) is 0 Å². The molecule has 1 aromatic carbocycles. The minimum absolute atomic E-state index is 0.0890. The number of pyridine rings is 1. The second-order valence-corrected chi connectivity index (χ2v) is 5.76. The first kappa shape index (κ1) is 14.9. The molecule has 0 aliphatic carbocycles. The zero-order valence-electron chi connectivity index (χ0n) is 12.6. The van der Waals surface area contributed by atoms with E-state index < -0.39 is 6.17 Å². The van der Waals surface area contributed by atoms with Gasteiger partial charge in [-0.05, 0) is 19.1 Å². The van der Waals surface area contributed by atoms with Crippen LogP contribution in [0.25, 0.3) is 10.9 Å². The van der Waals surface area contributed by atoms with Crippen molar-refractivity contribution in [1.82, 2.24) is 15.2 Å². The number of aromatic nitrogens is 1. The van der Waals surface area contributed by atoms with Gasteiger partial charge in [-0.3, -0.25) is 15.1 Å². The number of nitrogens with one attached hydrogen (secondary N) is 1.